The molecule has 0 spiro atoms. The first-order valence-corrected chi connectivity index (χ1v) is 7.56. The van der Waals surface area contributed by atoms with Gasteiger partial charge in [0.05, 0.1) is 6.10 Å². The molecule has 1 aliphatic heterocycles. The van der Waals surface area contributed by atoms with Gasteiger partial charge in [-0.25, -0.2) is 4.79 Å². The Morgan fingerprint density at radius 3 is 2.74 bits per heavy atom. The number of hydrogen-bond acceptors (Lipinski definition) is 5. The fourth-order valence-corrected chi connectivity index (χ4v) is 2.45. The Bertz CT molecular complexity index is 663. The maximum Gasteiger partial charge on any atom is 0.342 e. The number of halogens is 1. The van der Waals surface area contributed by atoms with E-state index in [0.717, 1.165) is 0 Å². The molecule has 0 radical (unpaired) electrons. The number of phenols is 1. The number of cyclic esters (lactones) is 1. The zero-order valence-electron chi connectivity index (χ0n) is 12.4. The van der Waals surface area contributed by atoms with E-state index in [1.807, 2.05) is 0 Å². The molecule has 2 rings (SSSR count). The zero-order valence-corrected chi connectivity index (χ0v) is 13.1. The van der Waals surface area contributed by atoms with Crippen LogP contribution in [0.15, 0.2) is 30.4 Å². The lowest BCUT2D eigenvalue weighted by molar-refractivity contribution is -0.120. The highest BCUT2D eigenvalue weighted by Gasteiger charge is 2.18. The molecule has 1 aromatic carbocycles. The number of rotatable bonds is 0. The van der Waals surface area contributed by atoms with E-state index in [1.54, 1.807) is 24.3 Å². The number of fused-ring (bicyclic) bond motifs is 1. The van der Waals surface area contributed by atoms with Crippen LogP contribution >= 0.6 is 11.6 Å². The fourth-order valence-electron chi connectivity index (χ4n) is 2.23. The molecule has 1 aliphatic rings. The summed E-state index contributed by atoms with van der Waals surface area (Å²) >= 11 is 5.90. The van der Waals surface area contributed by atoms with Crippen molar-refractivity contribution in [3.8, 4) is 5.75 Å². The maximum absolute atomic E-state index is 12.1. The van der Waals surface area contributed by atoms with Crippen LogP contribution in [0, 0.1) is 0 Å². The average molecular weight is 337 g/mol. The van der Waals surface area contributed by atoms with Crippen LogP contribution in [0.4, 0.5) is 0 Å². The molecule has 0 saturated carbocycles. The Kier molecular flexibility index (Phi) is 5.96. The monoisotopic (exact) mass is 336 g/mol. The molecule has 2 N–H and O–H groups in total. The second-order valence-corrected chi connectivity index (χ2v) is 5.63. The van der Waals surface area contributed by atoms with E-state index in [0.29, 0.717) is 5.56 Å². The van der Waals surface area contributed by atoms with Crippen LogP contribution in [0.1, 0.15) is 35.2 Å². The molecule has 0 unspecified atom stereocenters. The van der Waals surface area contributed by atoms with E-state index >= 15 is 0 Å². The summed E-state index contributed by atoms with van der Waals surface area (Å²) in [6, 6.07) is 2.79. The van der Waals surface area contributed by atoms with Gasteiger partial charge in [0.1, 0.15) is 23.7 Å². The predicted octanol–water partition coefficient (Wildman–Crippen LogP) is 2.89. The standard InChI is InChI=1S/C17H17ClO5/c18-12-8-11-4-3-6-14(20)10-13(19)5-1-2-7-23-17(22)16(11)15(21)9-12/h1-4,8-9,14,20-21H,5-7,10H2/t14-/m0/s1. The number of phenolic OH excluding ortho intramolecular Hbond substituents is 1. The first-order valence-electron chi connectivity index (χ1n) is 7.18. The molecule has 23 heavy (non-hydrogen) atoms. The molecule has 0 aliphatic carbocycles. The second kappa shape index (κ2) is 7.94. The van der Waals surface area contributed by atoms with Crippen molar-refractivity contribution in [3.05, 3.63) is 46.5 Å². The van der Waals surface area contributed by atoms with Crippen LogP contribution in [0.25, 0.3) is 6.08 Å². The molecule has 0 amide bonds. The highest BCUT2D eigenvalue weighted by atomic mass is 35.5. The van der Waals surface area contributed by atoms with Gasteiger partial charge in [0.25, 0.3) is 0 Å². The van der Waals surface area contributed by atoms with Gasteiger partial charge in [-0.2, -0.15) is 0 Å². The molecular formula is C17H17ClO5. The molecule has 122 valence electrons. The Labute approximate surface area is 138 Å². The van der Waals surface area contributed by atoms with Crippen LogP contribution in [-0.2, 0) is 9.53 Å². The highest BCUT2D eigenvalue weighted by Crippen LogP contribution is 2.28. The third-order valence-electron chi connectivity index (χ3n) is 3.31. The summed E-state index contributed by atoms with van der Waals surface area (Å²) < 4.78 is 5.07. The zero-order chi connectivity index (χ0) is 16.8. The van der Waals surface area contributed by atoms with Gasteiger partial charge in [-0.05, 0) is 24.1 Å². The van der Waals surface area contributed by atoms with Crippen molar-refractivity contribution >= 4 is 29.4 Å². The second-order valence-electron chi connectivity index (χ2n) is 5.20. The molecule has 0 fully saturated rings. The van der Waals surface area contributed by atoms with E-state index in [1.165, 1.54) is 12.1 Å². The molecule has 0 aromatic heterocycles. The summed E-state index contributed by atoms with van der Waals surface area (Å²) in [5, 5.41) is 20.1. The summed E-state index contributed by atoms with van der Waals surface area (Å²) in [6.07, 6.45) is 6.02. The normalized spacial score (nSPS) is 19.8. The Hall–Kier alpha value is -2.11. The minimum absolute atomic E-state index is 0.0140. The number of ether oxygens (including phenoxy) is 1. The number of carbonyl (C=O) groups excluding carboxylic acids is 2. The summed E-state index contributed by atoms with van der Waals surface area (Å²) in [6.45, 7) is -0.0140. The number of hydrogen-bond donors (Lipinski definition) is 2. The smallest absolute Gasteiger partial charge is 0.342 e. The predicted molar refractivity (Wildman–Crippen MR) is 86.4 cm³/mol. The number of Topliss-reactive ketones (excluding diaryl/α,β-unsaturated/α-hetero) is 1. The summed E-state index contributed by atoms with van der Waals surface area (Å²) in [4.78, 5) is 23.7. The van der Waals surface area contributed by atoms with Crippen molar-refractivity contribution in [2.45, 2.75) is 25.4 Å². The van der Waals surface area contributed by atoms with E-state index in [-0.39, 0.29) is 48.0 Å². The van der Waals surface area contributed by atoms with Gasteiger partial charge in [-0.15, -0.1) is 0 Å². The summed E-state index contributed by atoms with van der Waals surface area (Å²) in [5.74, 6) is -1.05. The number of benzene rings is 1. The lowest BCUT2D eigenvalue weighted by atomic mass is 10.0. The Balaban J connectivity index is 2.35. The van der Waals surface area contributed by atoms with E-state index < -0.39 is 12.1 Å². The molecular weight excluding hydrogens is 320 g/mol. The largest absolute Gasteiger partial charge is 0.507 e. The summed E-state index contributed by atoms with van der Waals surface area (Å²) in [5.41, 5.74) is 0.404. The van der Waals surface area contributed by atoms with Crippen molar-refractivity contribution in [2.75, 3.05) is 6.61 Å². The molecule has 6 heteroatoms. The van der Waals surface area contributed by atoms with Crippen LogP contribution < -0.4 is 0 Å². The Morgan fingerprint density at radius 1 is 1.17 bits per heavy atom. The van der Waals surface area contributed by atoms with Crippen molar-refractivity contribution in [1.29, 1.82) is 0 Å². The van der Waals surface area contributed by atoms with E-state index in [4.69, 9.17) is 16.3 Å². The average Bonchev–Trinajstić information content (AvgIpc) is 2.45. The van der Waals surface area contributed by atoms with Gasteiger partial charge >= 0.3 is 5.97 Å². The van der Waals surface area contributed by atoms with Crippen molar-refractivity contribution in [3.63, 3.8) is 0 Å². The van der Waals surface area contributed by atoms with Crippen LogP contribution in [0.2, 0.25) is 5.02 Å². The molecule has 1 atom stereocenters. The molecule has 5 nitrogen and oxygen atoms in total. The van der Waals surface area contributed by atoms with Gasteiger partial charge in [-0.3, -0.25) is 4.79 Å². The van der Waals surface area contributed by atoms with Crippen LogP contribution in [0.3, 0.4) is 0 Å². The highest BCUT2D eigenvalue weighted by molar-refractivity contribution is 6.31. The van der Waals surface area contributed by atoms with Gasteiger partial charge in [0, 0.05) is 17.9 Å². The third kappa shape index (κ3) is 4.94. The van der Waals surface area contributed by atoms with Gasteiger partial charge in [-0.1, -0.05) is 35.9 Å². The van der Waals surface area contributed by atoms with Crippen molar-refractivity contribution < 1.29 is 24.5 Å². The number of aliphatic hydroxyl groups excluding tert-OH is 1. The van der Waals surface area contributed by atoms with Gasteiger partial charge in [0.15, 0.2) is 0 Å². The minimum Gasteiger partial charge on any atom is -0.507 e. The number of aromatic hydroxyl groups is 1. The van der Waals surface area contributed by atoms with Crippen LogP contribution in [-0.4, -0.2) is 34.7 Å². The fraction of sp³-hybridized carbons (Fsp3) is 0.294. The van der Waals surface area contributed by atoms with Gasteiger partial charge < -0.3 is 14.9 Å². The molecule has 1 aromatic rings. The lowest BCUT2D eigenvalue weighted by Gasteiger charge is -2.10. The SMILES string of the molecule is O=C1CC=CCOC(=O)c2c(O)cc(Cl)cc2C=CC[C@H](O)C1. The van der Waals surface area contributed by atoms with E-state index in [9.17, 15) is 19.8 Å². The van der Waals surface area contributed by atoms with Crippen LogP contribution in [0.5, 0.6) is 5.75 Å². The molecule has 1 heterocycles. The topological polar surface area (TPSA) is 83.8 Å². The number of ketones is 1. The van der Waals surface area contributed by atoms with Gasteiger partial charge in [0.2, 0.25) is 0 Å². The molecule has 0 saturated heterocycles. The maximum atomic E-state index is 12.1. The number of allylic oxidation sites excluding steroid dienone is 1. The minimum atomic E-state index is -0.793. The first-order chi connectivity index (χ1) is 11.0. The summed E-state index contributed by atoms with van der Waals surface area (Å²) in [7, 11) is 0. The Morgan fingerprint density at radius 2 is 1.96 bits per heavy atom. The number of esters is 1. The quantitative estimate of drug-likeness (QED) is 0.562. The third-order valence-corrected chi connectivity index (χ3v) is 3.53. The van der Waals surface area contributed by atoms with E-state index in [2.05, 4.69) is 0 Å². The van der Waals surface area contributed by atoms with Crippen molar-refractivity contribution in [2.24, 2.45) is 0 Å². The molecule has 0 bridgehead atoms. The first kappa shape index (κ1) is 17.2. The van der Waals surface area contributed by atoms with Crippen molar-refractivity contribution in [1.82, 2.24) is 0 Å². The number of carbonyl (C=O) groups is 2. The lowest BCUT2D eigenvalue weighted by Crippen LogP contribution is -2.12. The number of aliphatic hydroxyl groups is 1.